The van der Waals surface area contributed by atoms with Gasteiger partial charge in [-0.3, -0.25) is 24.3 Å². The number of ketones is 1. The van der Waals surface area contributed by atoms with Crippen molar-refractivity contribution < 1.29 is 14.4 Å². The van der Waals surface area contributed by atoms with Gasteiger partial charge in [0.25, 0.3) is 0 Å². The molecular weight excluding hydrogens is 516 g/mol. The second-order valence-corrected chi connectivity index (χ2v) is 10.7. The van der Waals surface area contributed by atoms with Crippen molar-refractivity contribution in [2.24, 2.45) is 0 Å². The Kier molecular flexibility index (Phi) is 7.61. The van der Waals surface area contributed by atoms with Crippen molar-refractivity contribution in [3.05, 3.63) is 96.2 Å². The number of anilines is 1. The van der Waals surface area contributed by atoms with Crippen LogP contribution in [-0.4, -0.2) is 43.1 Å². The molecule has 41 heavy (non-hydrogen) atoms. The van der Waals surface area contributed by atoms with Gasteiger partial charge in [0.1, 0.15) is 18.1 Å². The maximum atomic E-state index is 14.4. The molecule has 208 valence electrons. The summed E-state index contributed by atoms with van der Waals surface area (Å²) in [7, 11) is 0. The summed E-state index contributed by atoms with van der Waals surface area (Å²) in [5.74, 6) is -1.01. The zero-order valence-corrected chi connectivity index (χ0v) is 23.5. The van der Waals surface area contributed by atoms with Gasteiger partial charge in [-0.25, -0.2) is 4.68 Å². The monoisotopic (exact) mass is 548 g/mol. The Morgan fingerprint density at radius 1 is 0.951 bits per heavy atom. The fourth-order valence-corrected chi connectivity index (χ4v) is 4.81. The van der Waals surface area contributed by atoms with Crippen molar-refractivity contribution in [2.75, 3.05) is 4.90 Å². The molecule has 2 amide bonds. The topological polar surface area (TPSA) is 110 Å². The number of hydrogen-bond acceptors (Lipinski definition) is 6. The van der Waals surface area contributed by atoms with Crippen LogP contribution in [0.4, 0.5) is 5.69 Å². The van der Waals surface area contributed by atoms with Crippen molar-refractivity contribution in [1.82, 2.24) is 25.3 Å². The molecule has 5 rings (SSSR count). The minimum absolute atomic E-state index is 0.192. The molecule has 0 spiro atoms. The second kappa shape index (κ2) is 11.3. The molecule has 5 aromatic rings. The number of aromatic nitrogens is 4. The third-order valence-electron chi connectivity index (χ3n) is 7.31. The first-order valence-electron chi connectivity index (χ1n) is 13.6. The summed E-state index contributed by atoms with van der Waals surface area (Å²) in [6.07, 6.45) is 2.38. The molecule has 1 N–H and O–H groups in total. The van der Waals surface area contributed by atoms with Crippen LogP contribution >= 0.6 is 0 Å². The van der Waals surface area contributed by atoms with Crippen LogP contribution < -0.4 is 10.2 Å². The maximum absolute atomic E-state index is 14.4. The molecular formula is C32H32N6O3. The second-order valence-electron chi connectivity index (χ2n) is 10.7. The summed E-state index contributed by atoms with van der Waals surface area (Å²) in [6, 6.07) is 22.4. The molecule has 0 bridgehead atoms. The zero-order valence-electron chi connectivity index (χ0n) is 23.5. The van der Waals surface area contributed by atoms with Gasteiger partial charge in [0.2, 0.25) is 11.8 Å². The Balaban J connectivity index is 1.70. The molecule has 9 nitrogen and oxygen atoms in total. The van der Waals surface area contributed by atoms with E-state index in [0.29, 0.717) is 34.3 Å². The quantitative estimate of drug-likeness (QED) is 0.252. The van der Waals surface area contributed by atoms with E-state index >= 15 is 0 Å². The molecule has 0 aliphatic rings. The number of amides is 2. The number of pyridine rings is 1. The average Bonchev–Trinajstić information content (AvgIpc) is 3.37. The Morgan fingerprint density at radius 2 is 1.71 bits per heavy atom. The molecule has 0 saturated heterocycles. The van der Waals surface area contributed by atoms with Crippen LogP contribution in [0.2, 0.25) is 0 Å². The smallest absolute Gasteiger partial charge is 0.249 e. The lowest BCUT2D eigenvalue weighted by Crippen LogP contribution is -2.51. The van der Waals surface area contributed by atoms with E-state index in [9.17, 15) is 14.4 Å². The van der Waals surface area contributed by atoms with E-state index in [1.807, 2.05) is 69.3 Å². The zero-order chi connectivity index (χ0) is 29.1. The summed E-state index contributed by atoms with van der Waals surface area (Å²) in [5.41, 5.74) is 2.83. The van der Waals surface area contributed by atoms with Gasteiger partial charge in [0.05, 0.1) is 16.7 Å². The Morgan fingerprint density at radius 3 is 2.49 bits per heavy atom. The number of hydrogen-bond donors (Lipinski definition) is 1. The summed E-state index contributed by atoms with van der Waals surface area (Å²) >= 11 is 0. The predicted octanol–water partition coefficient (Wildman–Crippen LogP) is 5.26. The van der Waals surface area contributed by atoms with Gasteiger partial charge in [-0.1, -0.05) is 48.5 Å². The summed E-state index contributed by atoms with van der Waals surface area (Å²) in [5, 5.41) is 12.3. The van der Waals surface area contributed by atoms with Crippen molar-refractivity contribution in [3.63, 3.8) is 0 Å². The van der Waals surface area contributed by atoms with E-state index in [0.717, 1.165) is 10.9 Å². The Hall–Kier alpha value is -4.92. The minimum atomic E-state index is -1.09. The van der Waals surface area contributed by atoms with Crippen LogP contribution in [0.25, 0.3) is 21.9 Å². The van der Waals surface area contributed by atoms with E-state index in [1.54, 1.807) is 36.5 Å². The Bertz CT molecular complexity index is 1760. The molecule has 0 aliphatic heterocycles. The van der Waals surface area contributed by atoms with E-state index in [-0.39, 0.29) is 18.2 Å². The SMILES string of the molecule is CCC(C)(C)NC(=O)[C@@H](c1ccc2ncccc2c1)N(C(=O)Cn1nnc2ccccc21)c1ccccc1C(C)=O. The molecule has 2 heterocycles. The number of carbonyl (C=O) groups is 3. The van der Waals surface area contributed by atoms with E-state index in [4.69, 9.17) is 0 Å². The van der Waals surface area contributed by atoms with E-state index in [2.05, 4.69) is 20.6 Å². The number of nitrogens with zero attached hydrogens (tertiary/aromatic N) is 5. The highest BCUT2D eigenvalue weighted by atomic mass is 16.2. The summed E-state index contributed by atoms with van der Waals surface area (Å²) in [6.45, 7) is 7.11. The van der Waals surface area contributed by atoms with Gasteiger partial charge in [0, 0.05) is 22.7 Å². The summed E-state index contributed by atoms with van der Waals surface area (Å²) < 4.78 is 1.51. The predicted molar refractivity (Wildman–Crippen MR) is 158 cm³/mol. The van der Waals surface area contributed by atoms with Crippen molar-refractivity contribution in [3.8, 4) is 0 Å². The fraction of sp³-hybridized carbons (Fsp3) is 0.250. The lowest BCUT2D eigenvalue weighted by molar-refractivity contribution is -0.128. The molecule has 1 atom stereocenters. The van der Waals surface area contributed by atoms with E-state index < -0.39 is 17.5 Å². The third kappa shape index (κ3) is 5.70. The normalized spacial score (nSPS) is 12.3. The van der Waals surface area contributed by atoms with Gasteiger partial charge < -0.3 is 5.32 Å². The summed E-state index contributed by atoms with van der Waals surface area (Å²) in [4.78, 5) is 47.2. The maximum Gasteiger partial charge on any atom is 0.249 e. The lowest BCUT2D eigenvalue weighted by Gasteiger charge is -2.35. The number of rotatable bonds is 9. The average molecular weight is 549 g/mol. The van der Waals surface area contributed by atoms with Crippen molar-refractivity contribution in [1.29, 1.82) is 0 Å². The van der Waals surface area contributed by atoms with Gasteiger partial charge in [-0.2, -0.15) is 0 Å². The number of benzene rings is 3. The van der Waals surface area contributed by atoms with Crippen LogP contribution in [-0.2, 0) is 16.1 Å². The van der Waals surface area contributed by atoms with Crippen LogP contribution in [0, 0.1) is 0 Å². The first kappa shape index (κ1) is 27.6. The van der Waals surface area contributed by atoms with Crippen molar-refractivity contribution >= 4 is 45.2 Å². The Labute approximate surface area is 238 Å². The molecule has 0 radical (unpaired) electrons. The number of fused-ring (bicyclic) bond motifs is 2. The first-order chi connectivity index (χ1) is 19.7. The molecule has 2 aromatic heterocycles. The van der Waals surface area contributed by atoms with Gasteiger partial charge >= 0.3 is 0 Å². The molecule has 0 saturated carbocycles. The van der Waals surface area contributed by atoms with Gasteiger partial charge in [0.15, 0.2) is 5.78 Å². The molecule has 9 heteroatoms. The lowest BCUT2D eigenvalue weighted by atomic mass is 9.96. The number of nitrogens with one attached hydrogen (secondary N) is 1. The van der Waals surface area contributed by atoms with Crippen LogP contribution in [0.3, 0.4) is 0 Å². The van der Waals surface area contributed by atoms with Gasteiger partial charge in [-0.15, -0.1) is 5.10 Å². The molecule has 0 fully saturated rings. The third-order valence-corrected chi connectivity index (χ3v) is 7.31. The van der Waals surface area contributed by atoms with E-state index in [1.165, 1.54) is 16.5 Å². The number of carbonyl (C=O) groups excluding carboxylic acids is 3. The highest BCUT2D eigenvalue weighted by molar-refractivity contribution is 6.08. The van der Waals surface area contributed by atoms with Crippen LogP contribution in [0.5, 0.6) is 0 Å². The number of Topliss-reactive ketones (excluding diaryl/α,β-unsaturated/α-hetero) is 1. The fourth-order valence-electron chi connectivity index (χ4n) is 4.81. The molecule has 3 aromatic carbocycles. The van der Waals surface area contributed by atoms with Crippen molar-refractivity contribution in [2.45, 2.75) is 52.2 Å². The van der Waals surface area contributed by atoms with Crippen LogP contribution in [0.15, 0.2) is 85.1 Å². The molecule has 0 aliphatic carbocycles. The molecule has 0 unspecified atom stereocenters. The largest absolute Gasteiger partial charge is 0.349 e. The first-order valence-corrected chi connectivity index (χ1v) is 13.6. The minimum Gasteiger partial charge on any atom is -0.349 e. The van der Waals surface area contributed by atoms with Gasteiger partial charge in [-0.05, 0) is 75.2 Å². The highest BCUT2D eigenvalue weighted by Gasteiger charge is 2.36. The standard InChI is InChI=1S/C32H32N6O3/c1-5-32(3,4)34-31(41)30(23-16-17-25-22(19-23)11-10-18-33-25)38(27-14-8-6-12-24(27)21(2)39)29(40)20-37-28-15-9-7-13-26(28)35-36-37/h6-19,30H,5,20H2,1-4H3,(H,34,41)/t30-/m1/s1. The number of para-hydroxylation sites is 2. The highest BCUT2D eigenvalue weighted by Crippen LogP contribution is 2.33. The van der Waals surface area contributed by atoms with Crippen LogP contribution in [0.1, 0.15) is 56.1 Å².